The Hall–Kier alpha value is -4.28. The van der Waals surface area contributed by atoms with E-state index in [1.54, 1.807) is 24.3 Å². The topological polar surface area (TPSA) is 118 Å². The fourth-order valence-electron chi connectivity index (χ4n) is 5.18. The zero-order valence-corrected chi connectivity index (χ0v) is 24.3. The van der Waals surface area contributed by atoms with Crippen molar-refractivity contribution in [3.05, 3.63) is 107 Å². The Labute approximate surface area is 248 Å². The van der Waals surface area contributed by atoms with Crippen LogP contribution >= 0.6 is 11.6 Å². The van der Waals surface area contributed by atoms with Crippen molar-refractivity contribution in [3.63, 3.8) is 0 Å². The zero-order valence-electron chi connectivity index (χ0n) is 22.8. The van der Waals surface area contributed by atoms with E-state index in [0.29, 0.717) is 6.42 Å². The molecule has 3 amide bonds. The normalized spacial score (nSPS) is 19.9. The summed E-state index contributed by atoms with van der Waals surface area (Å²) in [4.78, 5) is 54.1. The highest BCUT2D eigenvalue weighted by Gasteiger charge is 2.53. The summed E-state index contributed by atoms with van der Waals surface area (Å²) in [6.45, 7) is 3.02. The Morgan fingerprint density at radius 2 is 1.64 bits per heavy atom. The van der Waals surface area contributed by atoms with E-state index in [-0.39, 0.29) is 32.7 Å². The molecule has 0 N–H and O–H groups in total. The van der Waals surface area contributed by atoms with Gasteiger partial charge in [-0.1, -0.05) is 60.5 Å². The molecule has 5 rings (SSSR count). The number of carbonyl (C=O) groups is 4. The van der Waals surface area contributed by atoms with Crippen LogP contribution in [0.4, 0.5) is 0 Å². The van der Waals surface area contributed by atoms with Gasteiger partial charge in [-0.3, -0.25) is 19.2 Å². The van der Waals surface area contributed by atoms with E-state index in [2.05, 4.69) is 0 Å². The highest BCUT2D eigenvalue weighted by Crippen LogP contribution is 2.39. The molecule has 0 unspecified atom stereocenters. The lowest BCUT2D eigenvalue weighted by molar-refractivity contribution is -0.154. The second kappa shape index (κ2) is 11.5. The van der Waals surface area contributed by atoms with Crippen molar-refractivity contribution in [2.45, 2.75) is 25.2 Å². The number of Topliss-reactive ketones (excluding diaryl/α,β-unsaturated/α-hetero) is 1. The summed E-state index contributed by atoms with van der Waals surface area (Å²) in [6.07, 6.45) is 4.06. The predicted octanol–water partition coefficient (Wildman–Crippen LogP) is 4.85. The summed E-state index contributed by atoms with van der Waals surface area (Å²) in [5.41, 5.74) is 1.03. The minimum absolute atomic E-state index is 0.0213. The lowest BCUT2D eigenvalue weighted by Crippen LogP contribution is -2.52. The molecule has 1 saturated heterocycles. The first-order chi connectivity index (χ1) is 20.0. The lowest BCUT2D eigenvalue weighted by Gasteiger charge is -2.30. The number of benzene rings is 3. The summed E-state index contributed by atoms with van der Waals surface area (Å²) in [6, 6.07) is 17.6. The van der Waals surface area contributed by atoms with Crippen molar-refractivity contribution in [3.8, 4) is 5.75 Å². The molecule has 2 aliphatic rings. The van der Waals surface area contributed by atoms with Gasteiger partial charge < -0.3 is 4.18 Å². The number of hydrogen-bond acceptors (Lipinski definition) is 7. The molecule has 11 heteroatoms. The fraction of sp³-hybridized carbons (Fsp3) is 0.226. The second-order valence-corrected chi connectivity index (χ2v) is 12.2. The molecule has 0 bridgehead atoms. The van der Waals surface area contributed by atoms with Crippen LogP contribution in [0.3, 0.4) is 0 Å². The van der Waals surface area contributed by atoms with Gasteiger partial charge >= 0.3 is 10.1 Å². The van der Waals surface area contributed by atoms with Gasteiger partial charge in [0.1, 0.15) is 17.2 Å². The molecule has 0 saturated carbocycles. The molecule has 9 nitrogen and oxygen atoms in total. The van der Waals surface area contributed by atoms with Gasteiger partial charge in [0.05, 0.1) is 22.4 Å². The molecule has 3 aromatic rings. The molecule has 1 fully saturated rings. The Morgan fingerprint density at radius 1 is 0.976 bits per heavy atom. The van der Waals surface area contributed by atoms with Crippen LogP contribution in [0, 0.1) is 24.7 Å². The summed E-state index contributed by atoms with van der Waals surface area (Å²) >= 11 is 6.27. The van der Waals surface area contributed by atoms with Crippen LogP contribution in [0.2, 0.25) is 5.02 Å². The minimum atomic E-state index is -4.10. The van der Waals surface area contributed by atoms with Crippen molar-refractivity contribution in [1.82, 2.24) is 10.0 Å². The standard InChI is InChI=1S/C31H27ClN2O7S/c1-19-10-16-23(17-11-19)42(39,40)41-22-14-12-21(13-15-22)27(35)18-33(29(36)24-7-3-4-9-26(24)32)34-30(37)25-8-5-6-20(2)28(25)31(34)38/h3-7,9-17,20,25,28H,8,18H2,1-2H3/t20-,25+,28+/m0/s1. The summed E-state index contributed by atoms with van der Waals surface area (Å²) < 4.78 is 30.5. The Balaban J connectivity index is 1.40. The van der Waals surface area contributed by atoms with E-state index in [1.165, 1.54) is 48.5 Å². The van der Waals surface area contributed by atoms with Crippen molar-refractivity contribution in [2.75, 3.05) is 6.54 Å². The Bertz CT molecular complexity index is 1700. The number of nitrogens with zero attached hydrogens (tertiary/aromatic N) is 2. The highest BCUT2D eigenvalue weighted by molar-refractivity contribution is 7.87. The van der Waals surface area contributed by atoms with E-state index in [0.717, 1.165) is 15.6 Å². The number of imide groups is 1. The second-order valence-electron chi connectivity index (χ2n) is 10.3. The monoisotopic (exact) mass is 606 g/mol. The number of aryl methyl sites for hydroxylation is 1. The first-order valence-electron chi connectivity index (χ1n) is 13.2. The van der Waals surface area contributed by atoms with Gasteiger partial charge in [0, 0.05) is 5.56 Å². The first kappa shape index (κ1) is 29.2. The number of ketones is 1. The number of fused-ring (bicyclic) bond motifs is 1. The molecule has 1 aliphatic carbocycles. The smallest absolute Gasteiger partial charge is 0.339 e. The molecule has 0 aromatic heterocycles. The zero-order chi connectivity index (χ0) is 30.2. The SMILES string of the molecule is Cc1ccc(S(=O)(=O)Oc2ccc(C(=O)CN(C(=O)c3ccccc3Cl)N3C(=O)[C@@H]4[C@@H](C)C=CC[C@H]4C3=O)cc2)cc1. The van der Waals surface area contributed by atoms with Crippen LogP contribution in [-0.4, -0.2) is 48.5 Å². The number of hydrogen-bond donors (Lipinski definition) is 0. The van der Waals surface area contributed by atoms with Crippen LogP contribution in [0.15, 0.2) is 89.8 Å². The average molecular weight is 607 g/mol. The van der Waals surface area contributed by atoms with Gasteiger partial charge in [0.25, 0.3) is 17.7 Å². The van der Waals surface area contributed by atoms with E-state index >= 15 is 0 Å². The van der Waals surface area contributed by atoms with Crippen LogP contribution in [-0.2, 0) is 19.7 Å². The van der Waals surface area contributed by atoms with Crippen LogP contribution in [0.25, 0.3) is 0 Å². The molecule has 1 aliphatic heterocycles. The molecule has 216 valence electrons. The number of hydrazine groups is 1. The molecule has 3 atom stereocenters. The van der Waals surface area contributed by atoms with Gasteiger partial charge in [-0.2, -0.15) is 13.4 Å². The molecule has 3 aromatic carbocycles. The van der Waals surface area contributed by atoms with Gasteiger partial charge in [-0.05, 0) is 67.8 Å². The molecule has 0 spiro atoms. The molecule has 0 radical (unpaired) electrons. The highest BCUT2D eigenvalue weighted by atomic mass is 35.5. The fourth-order valence-corrected chi connectivity index (χ4v) is 6.33. The maximum absolute atomic E-state index is 13.7. The third-order valence-electron chi connectivity index (χ3n) is 7.41. The van der Waals surface area contributed by atoms with Gasteiger partial charge in [-0.15, -0.1) is 0 Å². The van der Waals surface area contributed by atoms with Crippen LogP contribution in [0.5, 0.6) is 5.75 Å². The molecule has 1 heterocycles. The first-order valence-corrected chi connectivity index (χ1v) is 15.0. The number of carbonyl (C=O) groups excluding carboxylic acids is 4. The average Bonchev–Trinajstić information content (AvgIpc) is 3.22. The summed E-state index contributed by atoms with van der Waals surface area (Å²) in [7, 11) is -4.10. The number of halogens is 1. The van der Waals surface area contributed by atoms with Crippen molar-refractivity contribution >= 4 is 45.2 Å². The third kappa shape index (κ3) is 5.60. The molecular formula is C31H27ClN2O7S. The van der Waals surface area contributed by atoms with Gasteiger partial charge in [0.15, 0.2) is 5.78 Å². The van der Waals surface area contributed by atoms with Crippen molar-refractivity contribution < 1.29 is 31.8 Å². The Kier molecular flexibility index (Phi) is 8.03. The Morgan fingerprint density at radius 3 is 2.29 bits per heavy atom. The van der Waals surface area contributed by atoms with Crippen molar-refractivity contribution in [1.29, 1.82) is 0 Å². The summed E-state index contributed by atoms with van der Waals surface area (Å²) in [5.74, 6) is -4.01. The molecule has 42 heavy (non-hydrogen) atoms. The van der Waals surface area contributed by atoms with Crippen LogP contribution in [0.1, 0.15) is 39.6 Å². The third-order valence-corrected chi connectivity index (χ3v) is 9.01. The quantitative estimate of drug-likeness (QED) is 0.156. The maximum Gasteiger partial charge on any atom is 0.339 e. The number of allylic oxidation sites excluding steroid dienone is 2. The van der Waals surface area contributed by atoms with Gasteiger partial charge in [-0.25, -0.2) is 5.01 Å². The van der Waals surface area contributed by atoms with E-state index < -0.39 is 52.0 Å². The van der Waals surface area contributed by atoms with E-state index in [4.69, 9.17) is 15.8 Å². The minimum Gasteiger partial charge on any atom is -0.379 e. The number of amides is 3. The largest absolute Gasteiger partial charge is 0.379 e. The molecular weight excluding hydrogens is 580 g/mol. The predicted molar refractivity (Wildman–Crippen MR) is 154 cm³/mol. The van der Waals surface area contributed by atoms with Gasteiger partial charge in [0.2, 0.25) is 0 Å². The maximum atomic E-state index is 13.7. The van der Waals surface area contributed by atoms with Crippen LogP contribution < -0.4 is 4.18 Å². The summed E-state index contributed by atoms with van der Waals surface area (Å²) in [5, 5.41) is 1.74. The lowest BCUT2D eigenvalue weighted by atomic mass is 9.78. The van der Waals surface area contributed by atoms with E-state index in [1.807, 2.05) is 26.0 Å². The number of rotatable bonds is 8. The van der Waals surface area contributed by atoms with Crippen molar-refractivity contribution in [2.24, 2.45) is 17.8 Å². The van der Waals surface area contributed by atoms with E-state index in [9.17, 15) is 27.6 Å².